The molecule has 0 atom stereocenters. The van der Waals surface area contributed by atoms with Crippen molar-refractivity contribution in [3.05, 3.63) is 23.4 Å². The van der Waals surface area contributed by atoms with Gasteiger partial charge < -0.3 is 19.5 Å². The molecule has 0 aliphatic carbocycles. The molecule has 0 radical (unpaired) electrons. The van der Waals surface area contributed by atoms with E-state index in [0.717, 1.165) is 17.7 Å². The van der Waals surface area contributed by atoms with Crippen LogP contribution in [-0.2, 0) is 16.0 Å². The first-order chi connectivity index (χ1) is 12.7. The minimum absolute atomic E-state index is 0.0459. The summed E-state index contributed by atoms with van der Waals surface area (Å²) in [7, 11) is 0. The van der Waals surface area contributed by atoms with Crippen molar-refractivity contribution < 1.29 is 18.8 Å². The van der Waals surface area contributed by atoms with Crippen LogP contribution in [0.2, 0.25) is 0 Å². The number of carbonyl (C=O) groups excluding carboxylic acids is 2. The van der Waals surface area contributed by atoms with E-state index in [4.69, 9.17) is 9.26 Å². The van der Waals surface area contributed by atoms with Crippen LogP contribution in [-0.4, -0.2) is 52.8 Å². The fraction of sp³-hybridized carbons (Fsp3) is 0.529. The molecule has 9 heteroatoms. The number of aromatic nitrogens is 2. The van der Waals surface area contributed by atoms with Gasteiger partial charge in [0.2, 0.25) is 17.6 Å². The van der Waals surface area contributed by atoms with Crippen molar-refractivity contribution in [2.75, 3.05) is 19.7 Å². The molecule has 2 aromatic rings. The summed E-state index contributed by atoms with van der Waals surface area (Å²) in [5.41, 5.74) is 0. The summed E-state index contributed by atoms with van der Waals surface area (Å²) in [6.07, 6.45) is 1.88. The van der Waals surface area contributed by atoms with Crippen LogP contribution in [0, 0.1) is 0 Å². The van der Waals surface area contributed by atoms with Crippen LogP contribution in [0.1, 0.15) is 32.1 Å². The molecule has 0 aromatic carbocycles. The maximum atomic E-state index is 12.1. The number of ether oxygens (including phenoxy) is 1. The summed E-state index contributed by atoms with van der Waals surface area (Å²) in [5, 5.41) is 8.90. The van der Waals surface area contributed by atoms with E-state index < -0.39 is 0 Å². The molecular weight excluding hydrogens is 356 g/mol. The van der Waals surface area contributed by atoms with Gasteiger partial charge in [-0.3, -0.25) is 4.79 Å². The van der Waals surface area contributed by atoms with Gasteiger partial charge in [-0.05, 0) is 31.2 Å². The van der Waals surface area contributed by atoms with Crippen LogP contribution in [0.5, 0.6) is 0 Å². The third-order valence-electron chi connectivity index (χ3n) is 4.16. The number of hydrogen-bond acceptors (Lipinski definition) is 7. The van der Waals surface area contributed by atoms with E-state index in [0.29, 0.717) is 44.3 Å². The average Bonchev–Trinajstić information content (AvgIpc) is 3.32. The molecule has 1 fully saturated rings. The Balaban J connectivity index is 1.39. The number of amides is 2. The van der Waals surface area contributed by atoms with Gasteiger partial charge in [0.1, 0.15) is 0 Å². The van der Waals surface area contributed by atoms with Crippen molar-refractivity contribution in [3.63, 3.8) is 0 Å². The molecule has 1 N–H and O–H groups in total. The Kier molecular flexibility index (Phi) is 6.21. The number of nitrogens with zero attached hydrogens (tertiary/aromatic N) is 3. The Morgan fingerprint density at radius 1 is 1.42 bits per heavy atom. The Labute approximate surface area is 155 Å². The molecule has 0 spiro atoms. The summed E-state index contributed by atoms with van der Waals surface area (Å²) in [5.74, 6) is 0.970. The van der Waals surface area contributed by atoms with Crippen LogP contribution in [0.25, 0.3) is 10.7 Å². The number of nitrogens with one attached hydrogen (secondary N) is 1. The van der Waals surface area contributed by atoms with Gasteiger partial charge in [0, 0.05) is 32.0 Å². The summed E-state index contributed by atoms with van der Waals surface area (Å²) >= 11 is 1.54. The molecule has 2 aromatic heterocycles. The molecule has 1 aliphatic rings. The van der Waals surface area contributed by atoms with E-state index in [9.17, 15) is 9.59 Å². The summed E-state index contributed by atoms with van der Waals surface area (Å²) in [4.78, 5) is 30.7. The number of piperidine rings is 1. The number of rotatable bonds is 6. The lowest BCUT2D eigenvalue weighted by molar-refractivity contribution is -0.122. The first-order valence-corrected chi connectivity index (χ1v) is 9.61. The number of hydrogen-bond donors (Lipinski definition) is 1. The fourth-order valence-electron chi connectivity index (χ4n) is 2.80. The SMILES string of the molecule is CCOC(=O)N1CCC(NC(=O)CCc2nc(-c3cccs3)no2)CC1. The Hall–Kier alpha value is -2.42. The third-order valence-corrected chi connectivity index (χ3v) is 5.03. The van der Waals surface area contributed by atoms with Crippen molar-refractivity contribution in [1.82, 2.24) is 20.4 Å². The van der Waals surface area contributed by atoms with Crippen molar-refractivity contribution in [2.45, 2.75) is 38.6 Å². The molecule has 8 nitrogen and oxygen atoms in total. The van der Waals surface area contributed by atoms with Gasteiger partial charge in [0.05, 0.1) is 11.5 Å². The second-order valence-corrected chi connectivity index (χ2v) is 6.96. The molecular formula is C17H22N4O4S. The van der Waals surface area contributed by atoms with Gasteiger partial charge in [0.15, 0.2) is 0 Å². The highest BCUT2D eigenvalue weighted by molar-refractivity contribution is 7.13. The van der Waals surface area contributed by atoms with Gasteiger partial charge in [-0.2, -0.15) is 4.98 Å². The lowest BCUT2D eigenvalue weighted by atomic mass is 10.1. The molecule has 140 valence electrons. The quantitative estimate of drug-likeness (QED) is 0.829. The monoisotopic (exact) mass is 378 g/mol. The Bertz CT molecular complexity index is 723. The maximum Gasteiger partial charge on any atom is 0.409 e. The second kappa shape index (κ2) is 8.79. The van der Waals surface area contributed by atoms with Crippen molar-refractivity contribution in [3.8, 4) is 10.7 Å². The first kappa shape index (κ1) is 18.4. The summed E-state index contributed by atoms with van der Waals surface area (Å²) in [6, 6.07) is 3.93. The molecule has 2 amide bonds. The minimum Gasteiger partial charge on any atom is -0.450 e. The highest BCUT2D eigenvalue weighted by Crippen LogP contribution is 2.21. The zero-order chi connectivity index (χ0) is 18.4. The predicted octanol–water partition coefficient (Wildman–Crippen LogP) is 2.47. The molecule has 26 heavy (non-hydrogen) atoms. The molecule has 0 bridgehead atoms. The molecule has 3 rings (SSSR count). The Morgan fingerprint density at radius 3 is 2.92 bits per heavy atom. The van der Waals surface area contributed by atoms with Crippen molar-refractivity contribution in [1.29, 1.82) is 0 Å². The lowest BCUT2D eigenvalue weighted by Crippen LogP contribution is -2.46. The van der Waals surface area contributed by atoms with Crippen LogP contribution in [0.15, 0.2) is 22.0 Å². The van der Waals surface area contributed by atoms with Gasteiger partial charge in [-0.15, -0.1) is 11.3 Å². The fourth-order valence-corrected chi connectivity index (χ4v) is 3.45. The third kappa shape index (κ3) is 4.81. The van der Waals surface area contributed by atoms with E-state index >= 15 is 0 Å². The zero-order valence-corrected chi connectivity index (χ0v) is 15.5. The molecule has 1 saturated heterocycles. The largest absolute Gasteiger partial charge is 0.450 e. The van der Waals surface area contributed by atoms with Crippen molar-refractivity contribution in [2.24, 2.45) is 0 Å². The first-order valence-electron chi connectivity index (χ1n) is 8.73. The average molecular weight is 378 g/mol. The predicted molar refractivity (Wildman–Crippen MR) is 95.7 cm³/mol. The van der Waals surface area contributed by atoms with Gasteiger partial charge in [0.25, 0.3) is 0 Å². The molecule has 1 aliphatic heterocycles. The number of aryl methyl sites for hydroxylation is 1. The van der Waals surface area contributed by atoms with Gasteiger partial charge in [-0.25, -0.2) is 4.79 Å². The topological polar surface area (TPSA) is 97.6 Å². The van der Waals surface area contributed by atoms with E-state index in [2.05, 4.69) is 15.5 Å². The van der Waals surface area contributed by atoms with Crippen LogP contribution >= 0.6 is 11.3 Å². The molecule has 3 heterocycles. The zero-order valence-electron chi connectivity index (χ0n) is 14.6. The number of thiophene rings is 1. The van der Waals surface area contributed by atoms with E-state index in [-0.39, 0.29) is 18.0 Å². The van der Waals surface area contributed by atoms with E-state index in [1.165, 1.54) is 0 Å². The highest BCUT2D eigenvalue weighted by atomic mass is 32.1. The number of likely N-dealkylation sites (tertiary alicyclic amines) is 1. The van der Waals surface area contributed by atoms with E-state index in [1.807, 2.05) is 17.5 Å². The summed E-state index contributed by atoms with van der Waals surface area (Å²) in [6.45, 7) is 3.35. The normalized spacial score (nSPS) is 15.0. The van der Waals surface area contributed by atoms with Crippen LogP contribution in [0.3, 0.4) is 0 Å². The molecule has 0 saturated carbocycles. The van der Waals surface area contributed by atoms with Crippen molar-refractivity contribution >= 4 is 23.3 Å². The van der Waals surface area contributed by atoms with Crippen LogP contribution < -0.4 is 5.32 Å². The number of carbonyl (C=O) groups is 2. The van der Waals surface area contributed by atoms with Crippen LogP contribution in [0.4, 0.5) is 4.79 Å². The standard InChI is InChI=1S/C17H22N4O4S/c1-2-24-17(23)21-9-7-12(8-10-21)18-14(22)5-6-15-19-16(20-25-15)13-4-3-11-26-13/h3-4,11-12H,2,5-10H2,1H3,(H,18,22). The van der Waals surface area contributed by atoms with Gasteiger partial charge in [-0.1, -0.05) is 11.2 Å². The minimum atomic E-state index is -0.282. The highest BCUT2D eigenvalue weighted by Gasteiger charge is 2.24. The Morgan fingerprint density at radius 2 is 2.23 bits per heavy atom. The lowest BCUT2D eigenvalue weighted by Gasteiger charge is -2.31. The second-order valence-electron chi connectivity index (χ2n) is 6.02. The maximum absolute atomic E-state index is 12.1. The molecule has 0 unspecified atom stereocenters. The summed E-state index contributed by atoms with van der Waals surface area (Å²) < 4.78 is 10.2. The van der Waals surface area contributed by atoms with E-state index in [1.54, 1.807) is 23.2 Å². The van der Waals surface area contributed by atoms with Gasteiger partial charge >= 0.3 is 6.09 Å². The smallest absolute Gasteiger partial charge is 0.409 e.